The first kappa shape index (κ1) is 15.3. The average molecular weight is 309 g/mol. The first-order valence-corrected chi connectivity index (χ1v) is 9.13. The van der Waals surface area contributed by atoms with Gasteiger partial charge in [0.1, 0.15) is 0 Å². The van der Waals surface area contributed by atoms with Gasteiger partial charge in [0.2, 0.25) is 0 Å². The number of nitrogens with one attached hydrogen (secondary N) is 1. The van der Waals surface area contributed by atoms with Crippen LogP contribution in [0.25, 0.3) is 0 Å². The average Bonchev–Trinajstić information content (AvgIpc) is 3.07. The smallest absolute Gasteiger partial charge is 0.186 e. The number of morpholine rings is 1. The predicted molar refractivity (Wildman–Crippen MR) is 88.3 cm³/mol. The van der Waals surface area contributed by atoms with Crippen LogP contribution in [0.1, 0.15) is 56.5 Å². The molecule has 0 saturated carbocycles. The van der Waals surface area contributed by atoms with Crippen LogP contribution in [0, 0.1) is 0 Å². The number of hydrogen-bond acceptors (Lipinski definition) is 5. The molecule has 2 aliphatic heterocycles. The molecule has 5 heteroatoms. The maximum absolute atomic E-state index is 5.94. The molecule has 0 amide bonds. The Labute approximate surface area is 131 Å². The predicted octanol–water partition coefficient (Wildman–Crippen LogP) is 3.13. The Kier molecular flexibility index (Phi) is 4.82. The molecule has 1 N–H and O–H groups in total. The number of rotatable bonds is 6. The highest BCUT2D eigenvalue weighted by Gasteiger charge is 2.35. The van der Waals surface area contributed by atoms with Crippen molar-refractivity contribution in [2.24, 2.45) is 0 Å². The fraction of sp³-hybridized carbons (Fsp3) is 0.812. The second kappa shape index (κ2) is 6.63. The van der Waals surface area contributed by atoms with E-state index in [9.17, 15) is 0 Å². The molecular weight excluding hydrogens is 282 g/mol. The van der Waals surface area contributed by atoms with Gasteiger partial charge >= 0.3 is 0 Å². The summed E-state index contributed by atoms with van der Waals surface area (Å²) in [5, 5.41) is 4.66. The lowest BCUT2D eigenvalue weighted by Crippen LogP contribution is -2.42. The molecule has 0 radical (unpaired) electrons. The third-order valence-corrected chi connectivity index (χ3v) is 5.78. The van der Waals surface area contributed by atoms with Crippen LogP contribution in [0.5, 0.6) is 0 Å². The van der Waals surface area contributed by atoms with Crippen molar-refractivity contribution in [3.63, 3.8) is 0 Å². The topological polar surface area (TPSA) is 37.4 Å². The molecule has 3 rings (SSSR count). The van der Waals surface area contributed by atoms with E-state index in [4.69, 9.17) is 9.72 Å². The second-order valence-electron chi connectivity index (χ2n) is 6.26. The van der Waals surface area contributed by atoms with E-state index in [0.29, 0.717) is 18.1 Å². The van der Waals surface area contributed by atoms with Crippen LogP contribution >= 0.6 is 11.3 Å². The lowest BCUT2D eigenvalue weighted by atomic mass is 10.0. The van der Waals surface area contributed by atoms with E-state index in [1.54, 1.807) is 0 Å². The summed E-state index contributed by atoms with van der Waals surface area (Å²) >= 11 is 1.88. The van der Waals surface area contributed by atoms with E-state index < -0.39 is 0 Å². The van der Waals surface area contributed by atoms with E-state index in [-0.39, 0.29) is 0 Å². The maximum Gasteiger partial charge on any atom is 0.186 e. The molecule has 118 valence electrons. The summed E-state index contributed by atoms with van der Waals surface area (Å²) in [4.78, 5) is 8.88. The summed E-state index contributed by atoms with van der Waals surface area (Å²) < 4.78 is 5.94. The number of nitrogens with zero attached hydrogens (tertiary/aromatic N) is 2. The van der Waals surface area contributed by atoms with Crippen molar-refractivity contribution in [1.82, 2.24) is 10.3 Å². The zero-order valence-corrected chi connectivity index (χ0v) is 14.2. The molecule has 21 heavy (non-hydrogen) atoms. The molecule has 0 spiro atoms. The van der Waals surface area contributed by atoms with Crippen LogP contribution in [0.2, 0.25) is 0 Å². The lowest BCUT2D eigenvalue weighted by molar-refractivity contribution is 0.0305. The third kappa shape index (κ3) is 3.25. The minimum absolute atomic E-state index is 0.428. The molecule has 2 saturated heterocycles. The molecular formula is C16H27N3OS. The third-order valence-electron chi connectivity index (χ3n) is 4.65. The summed E-state index contributed by atoms with van der Waals surface area (Å²) in [6.07, 6.45) is 4.44. The van der Waals surface area contributed by atoms with E-state index in [1.165, 1.54) is 28.5 Å². The molecule has 1 aromatic heterocycles. The maximum atomic E-state index is 5.94. The quantitative estimate of drug-likeness (QED) is 0.876. The number of hydrogen-bond donors (Lipinski definition) is 1. The molecule has 3 heterocycles. The van der Waals surface area contributed by atoms with Crippen molar-refractivity contribution in [3.8, 4) is 0 Å². The standard InChI is InChI=1S/C16H27N3OS/c1-4-11(3)15-14(8-17-5-2)21-16(18-15)19-9-12-6-7-13(10-19)20-12/h11-13,17H,4-10H2,1-3H3. The Morgan fingerprint density at radius 3 is 2.67 bits per heavy atom. The first-order valence-electron chi connectivity index (χ1n) is 8.32. The number of anilines is 1. The highest BCUT2D eigenvalue weighted by Crippen LogP contribution is 2.35. The fourth-order valence-corrected chi connectivity index (χ4v) is 4.37. The molecule has 4 nitrogen and oxygen atoms in total. The minimum Gasteiger partial charge on any atom is -0.371 e. The monoisotopic (exact) mass is 309 g/mol. The zero-order chi connectivity index (χ0) is 14.8. The van der Waals surface area contributed by atoms with Crippen molar-refractivity contribution in [1.29, 1.82) is 0 Å². The molecule has 1 aromatic rings. The van der Waals surface area contributed by atoms with Gasteiger partial charge in [-0.2, -0.15) is 0 Å². The van der Waals surface area contributed by atoms with E-state index in [1.807, 2.05) is 11.3 Å². The number of ether oxygens (including phenoxy) is 1. The van der Waals surface area contributed by atoms with Crippen LogP contribution in [-0.4, -0.2) is 36.8 Å². The zero-order valence-electron chi connectivity index (χ0n) is 13.4. The largest absolute Gasteiger partial charge is 0.371 e. The molecule has 2 fully saturated rings. The van der Waals surface area contributed by atoms with Gasteiger partial charge in [0.15, 0.2) is 5.13 Å². The Morgan fingerprint density at radius 1 is 1.33 bits per heavy atom. The number of thiazole rings is 1. The van der Waals surface area contributed by atoms with Gasteiger partial charge < -0.3 is 15.0 Å². The van der Waals surface area contributed by atoms with Gasteiger partial charge in [0.05, 0.1) is 17.9 Å². The summed E-state index contributed by atoms with van der Waals surface area (Å²) in [6.45, 7) is 10.7. The van der Waals surface area contributed by atoms with Gasteiger partial charge in [-0.3, -0.25) is 0 Å². The normalized spacial score (nSPS) is 26.3. The molecule has 3 unspecified atom stereocenters. The molecule has 2 bridgehead atoms. The van der Waals surface area contributed by atoms with Crippen molar-refractivity contribution < 1.29 is 4.74 Å². The van der Waals surface area contributed by atoms with Gasteiger partial charge in [-0.15, -0.1) is 11.3 Å². The Balaban J connectivity index is 1.80. The SMILES string of the molecule is CCNCc1sc(N2CC3CCC(C2)O3)nc1C(C)CC. The van der Waals surface area contributed by atoms with E-state index in [0.717, 1.165) is 32.6 Å². The minimum atomic E-state index is 0.428. The van der Waals surface area contributed by atoms with Crippen LogP contribution in [0.3, 0.4) is 0 Å². The van der Waals surface area contributed by atoms with Crippen molar-refractivity contribution >= 4 is 16.5 Å². The van der Waals surface area contributed by atoms with Gasteiger partial charge in [0.25, 0.3) is 0 Å². The Bertz CT molecular complexity index is 464. The van der Waals surface area contributed by atoms with E-state index >= 15 is 0 Å². The van der Waals surface area contributed by atoms with Crippen LogP contribution < -0.4 is 10.2 Å². The Hall–Kier alpha value is -0.650. The fourth-order valence-electron chi connectivity index (χ4n) is 3.20. The number of fused-ring (bicyclic) bond motifs is 2. The van der Waals surface area contributed by atoms with E-state index in [2.05, 4.69) is 31.0 Å². The molecule has 0 aliphatic carbocycles. The highest BCUT2D eigenvalue weighted by molar-refractivity contribution is 7.15. The first-order chi connectivity index (χ1) is 10.2. The summed E-state index contributed by atoms with van der Waals surface area (Å²) in [5.74, 6) is 0.543. The van der Waals surface area contributed by atoms with Gasteiger partial charge in [-0.25, -0.2) is 4.98 Å². The summed E-state index contributed by atoms with van der Waals surface area (Å²) in [6, 6.07) is 0. The Morgan fingerprint density at radius 2 is 2.05 bits per heavy atom. The van der Waals surface area contributed by atoms with Crippen LogP contribution in [0.15, 0.2) is 0 Å². The van der Waals surface area contributed by atoms with Gasteiger partial charge in [-0.05, 0) is 31.7 Å². The molecule has 2 aliphatic rings. The van der Waals surface area contributed by atoms with Crippen molar-refractivity contribution in [2.75, 3.05) is 24.5 Å². The molecule has 3 atom stereocenters. The summed E-state index contributed by atoms with van der Waals surface area (Å²) in [5.41, 5.74) is 1.30. The number of aromatic nitrogens is 1. The summed E-state index contributed by atoms with van der Waals surface area (Å²) in [7, 11) is 0. The lowest BCUT2D eigenvalue weighted by Gasteiger charge is -2.31. The van der Waals surface area contributed by atoms with Gasteiger partial charge in [-0.1, -0.05) is 20.8 Å². The van der Waals surface area contributed by atoms with Crippen molar-refractivity contribution in [3.05, 3.63) is 10.6 Å². The van der Waals surface area contributed by atoms with Gasteiger partial charge in [0, 0.05) is 24.5 Å². The van der Waals surface area contributed by atoms with Crippen LogP contribution in [-0.2, 0) is 11.3 Å². The molecule has 0 aromatic carbocycles. The van der Waals surface area contributed by atoms with Crippen molar-refractivity contribution in [2.45, 2.75) is 64.7 Å². The van der Waals surface area contributed by atoms with Crippen LogP contribution in [0.4, 0.5) is 5.13 Å². The highest BCUT2D eigenvalue weighted by atomic mass is 32.1. The second-order valence-corrected chi connectivity index (χ2v) is 7.32.